The van der Waals surface area contributed by atoms with Gasteiger partial charge >= 0.3 is 0 Å². The van der Waals surface area contributed by atoms with Crippen molar-refractivity contribution < 1.29 is 0 Å². The molecule has 0 aliphatic carbocycles. The summed E-state index contributed by atoms with van der Waals surface area (Å²) in [6, 6.07) is 20.5. The lowest BCUT2D eigenvalue weighted by atomic mass is 9.75. The Morgan fingerprint density at radius 1 is 0.826 bits per heavy atom. The molecule has 23 heavy (non-hydrogen) atoms. The summed E-state index contributed by atoms with van der Waals surface area (Å²) in [6.07, 6.45) is 0. The molecule has 0 saturated carbocycles. The van der Waals surface area contributed by atoms with Crippen LogP contribution in [0.3, 0.4) is 0 Å². The van der Waals surface area contributed by atoms with Crippen molar-refractivity contribution in [3.63, 3.8) is 0 Å². The molecular formula is C20H25N3. The highest BCUT2D eigenvalue weighted by molar-refractivity contribution is 6.07. The molecule has 3 rings (SSSR count). The van der Waals surface area contributed by atoms with Gasteiger partial charge in [0.15, 0.2) is 0 Å². The Balaban J connectivity index is 2.15. The summed E-state index contributed by atoms with van der Waals surface area (Å²) in [7, 11) is 0. The molecule has 0 fully saturated rings. The molecule has 0 amide bonds. The Labute approximate surface area is 138 Å². The Hall–Kier alpha value is -1.97. The summed E-state index contributed by atoms with van der Waals surface area (Å²) in [4.78, 5) is 5.10. The molecular weight excluding hydrogens is 282 g/mol. The van der Waals surface area contributed by atoms with E-state index in [0.717, 1.165) is 16.8 Å². The summed E-state index contributed by atoms with van der Waals surface area (Å²) in [6.45, 7) is 8.45. The fourth-order valence-electron chi connectivity index (χ4n) is 3.36. The van der Waals surface area contributed by atoms with Gasteiger partial charge in [-0.25, -0.2) is 0 Å². The second-order valence-corrected chi connectivity index (χ2v) is 7.31. The number of aliphatic imine (C=N–C) groups is 1. The van der Waals surface area contributed by atoms with Gasteiger partial charge in [-0.2, -0.15) is 0 Å². The molecule has 1 unspecified atom stereocenters. The third-order valence-corrected chi connectivity index (χ3v) is 4.73. The van der Waals surface area contributed by atoms with Gasteiger partial charge in [0.2, 0.25) is 0 Å². The summed E-state index contributed by atoms with van der Waals surface area (Å²) < 4.78 is 0. The highest BCUT2D eigenvalue weighted by Crippen LogP contribution is 2.38. The molecule has 3 N–H and O–H groups in total. The summed E-state index contributed by atoms with van der Waals surface area (Å²) in [5.74, 6) is 0. The predicted octanol–water partition coefficient (Wildman–Crippen LogP) is 3.45. The second-order valence-electron chi connectivity index (χ2n) is 7.31. The van der Waals surface area contributed by atoms with Crippen molar-refractivity contribution >= 4 is 5.71 Å². The molecule has 1 heterocycles. The number of hydrogen-bond acceptors (Lipinski definition) is 3. The third kappa shape index (κ3) is 2.60. The van der Waals surface area contributed by atoms with E-state index in [9.17, 15) is 0 Å². The molecule has 0 radical (unpaired) electrons. The van der Waals surface area contributed by atoms with E-state index >= 15 is 0 Å². The van der Waals surface area contributed by atoms with Crippen LogP contribution >= 0.6 is 0 Å². The van der Waals surface area contributed by atoms with E-state index in [1.165, 1.54) is 0 Å². The molecule has 3 nitrogen and oxygen atoms in total. The van der Waals surface area contributed by atoms with Gasteiger partial charge in [0, 0.05) is 0 Å². The van der Waals surface area contributed by atoms with Crippen molar-refractivity contribution in [2.24, 2.45) is 10.7 Å². The van der Waals surface area contributed by atoms with Crippen LogP contribution in [-0.4, -0.2) is 16.8 Å². The molecule has 1 atom stereocenters. The van der Waals surface area contributed by atoms with Crippen LogP contribution in [0.15, 0.2) is 65.7 Å². The molecule has 0 bridgehead atoms. The lowest BCUT2D eigenvalue weighted by molar-refractivity contribution is 0.158. The molecule has 1 aliphatic rings. The van der Waals surface area contributed by atoms with Crippen LogP contribution in [0.4, 0.5) is 0 Å². The van der Waals surface area contributed by atoms with E-state index < -0.39 is 11.2 Å². The maximum atomic E-state index is 6.86. The maximum Gasteiger partial charge on any atom is 0.118 e. The topological polar surface area (TPSA) is 50.4 Å². The van der Waals surface area contributed by atoms with Crippen LogP contribution in [0.25, 0.3) is 0 Å². The predicted molar refractivity (Wildman–Crippen MR) is 96.6 cm³/mol. The molecule has 120 valence electrons. The first-order chi connectivity index (χ1) is 10.8. The normalized spacial score (nSPS) is 25.7. The monoisotopic (exact) mass is 307 g/mol. The minimum atomic E-state index is -0.726. The van der Waals surface area contributed by atoms with Gasteiger partial charge in [-0.1, -0.05) is 60.7 Å². The van der Waals surface area contributed by atoms with Gasteiger partial charge in [0.1, 0.15) is 5.66 Å². The SMILES string of the molecule is CC1(C)NC(N)(c2ccccc2)C(C)(C)N=C1c1ccccc1. The molecule has 2 aromatic carbocycles. The average molecular weight is 307 g/mol. The van der Waals surface area contributed by atoms with E-state index in [2.05, 4.69) is 57.3 Å². The van der Waals surface area contributed by atoms with Crippen LogP contribution in [0, 0.1) is 0 Å². The zero-order valence-corrected chi connectivity index (χ0v) is 14.3. The van der Waals surface area contributed by atoms with Crippen molar-refractivity contribution in [1.82, 2.24) is 5.32 Å². The van der Waals surface area contributed by atoms with Crippen molar-refractivity contribution in [3.05, 3.63) is 71.8 Å². The standard InChI is InChI=1S/C20H25N3/c1-18(2)17(15-11-7-5-8-12-15)22-19(3,4)20(21,23-18)16-13-9-6-10-14-16/h5-14,23H,21H2,1-4H3. The van der Waals surface area contributed by atoms with E-state index in [1.807, 2.05) is 36.4 Å². The first-order valence-electron chi connectivity index (χ1n) is 8.06. The first kappa shape index (κ1) is 15.9. The van der Waals surface area contributed by atoms with Crippen molar-refractivity contribution in [2.75, 3.05) is 0 Å². The smallest absolute Gasteiger partial charge is 0.118 e. The van der Waals surface area contributed by atoms with E-state index in [1.54, 1.807) is 0 Å². The zero-order chi connectivity index (χ0) is 16.7. The zero-order valence-electron chi connectivity index (χ0n) is 14.3. The minimum Gasteiger partial charge on any atom is -0.307 e. The van der Waals surface area contributed by atoms with Crippen LogP contribution < -0.4 is 11.1 Å². The summed E-state index contributed by atoms with van der Waals surface area (Å²) >= 11 is 0. The van der Waals surface area contributed by atoms with E-state index in [-0.39, 0.29) is 5.54 Å². The molecule has 0 aromatic heterocycles. The summed E-state index contributed by atoms with van der Waals surface area (Å²) in [5.41, 5.74) is 8.55. The van der Waals surface area contributed by atoms with Gasteiger partial charge in [0.05, 0.1) is 16.8 Å². The largest absolute Gasteiger partial charge is 0.307 e. The highest BCUT2D eigenvalue weighted by atomic mass is 15.3. The van der Waals surface area contributed by atoms with Gasteiger partial charge in [-0.15, -0.1) is 0 Å². The average Bonchev–Trinajstić information content (AvgIpc) is 2.52. The molecule has 0 saturated heterocycles. The minimum absolute atomic E-state index is 0.332. The van der Waals surface area contributed by atoms with E-state index in [4.69, 9.17) is 10.7 Å². The maximum absolute atomic E-state index is 6.86. The highest BCUT2D eigenvalue weighted by Gasteiger charge is 2.51. The van der Waals surface area contributed by atoms with Crippen molar-refractivity contribution in [3.8, 4) is 0 Å². The summed E-state index contributed by atoms with van der Waals surface area (Å²) in [5, 5.41) is 3.67. The van der Waals surface area contributed by atoms with Gasteiger partial charge in [-0.3, -0.25) is 10.3 Å². The van der Waals surface area contributed by atoms with Gasteiger partial charge < -0.3 is 5.73 Å². The lowest BCUT2D eigenvalue weighted by Crippen LogP contribution is -2.73. The molecule has 0 spiro atoms. The fraction of sp³-hybridized carbons (Fsp3) is 0.350. The van der Waals surface area contributed by atoms with Crippen LogP contribution in [-0.2, 0) is 5.66 Å². The van der Waals surface area contributed by atoms with Crippen molar-refractivity contribution in [1.29, 1.82) is 0 Å². The third-order valence-electron chi connectivity index (χ3n) is 4.73. The Bertz CT molecular complexity index is 717. The van der Waals surface area contributed by atoms with Crippen LogP contribution in [0.1, 0.15) is 38.8 Å². The number of nitrogens with one attached hydrogen (secondary N) is 1. The number of hydrogen-bond donors (Lipinski definition) is 2. The molecule has 1 aliphatic heterocycles. The number of nitrogens with two attached hydrogens (primary N) is 1. The van der Waals surface area contributed by atoms with Crippen LogP contribution in [0.5, 0.6) is 0 Å². The van der Waals surface area contributed by atoms with Crippen LogP contribution in [0.2, 0.25) is 0 Å². The fourth-order valence-corrected chi connectivity index (χ4v) is 3.36. The number of benzene rings is 2. The van der Waals surface area contributed by atoms with Gasteiger partial charge in [-0.05, 0) is 38.8 Å². The number of nitrogens with zero attached hydrogens (tertiary/aromatic N) is 1. The van der Waals surface area contributed by atoms with E-state index in [0.29, 0.717) is 0 Å². The molecule has 2 aromatic rings. The lowest BCUT2D eigenvalue weighted by Gasteiger charge is -2.52. The Kier molecular flexibility index (Phi) is 3.66. The van der Waals surface area contributed by atoms with Crippen molar-refractivity contribution in [2.45, 2.75) is 44.4 Å². The second kappa shape index (κ2) is 5.29. The molecule has 3 heteroatoms. The Morgan fingerprint density at radius 3 is 1.91 bits per heavy atom. The first-order valence-corrected chi connectivity index (χ1v) is 8.06. The quantitative estimate of drug-likeness (QED) is 0.893. The van der Waals surface area contributed by atoms with Gasteiger partial charge in [0.25, 0.3) is 0 Å². The Morgan fingerprint density at radius 2 is 1.35 bits per heavy atom. The number of rotatable bonds is 2.